The molecule has 1 heterocycles. The second-order valence-electron chi connectivity index (χ2n) is 7.80. The van der Waals surface area contributed by atoms with Crippen LogP contribution in [0.4, 0.5) is 0 Å². The molecule has 5 nitrogen and oxygen atoms in total. The molecule has 24 heavy (non-hydrogen) atoms. The number of ether oxygens (including phenoxy) is 1. The SMILES string of the molecule is CC(C)[C@@](C)(CO)NC(=O)c1ccc(C2CC2)c(OCC2CC2)n1. The molecule has 2 aliphatic carbocycles. The van der Waals surface area contributed by atoms with Crippen molar-refractivity contribution in [2.24, 2.45) is 11.8 Å². The summed E-state index contributed by atoms with van der Waals surface area (Å²) in [6.07, 6.45) is 4.79. The molecule has 0 aromatic carbocycles. The van der Waals surface area contributed by atoms with Crippen molar-refractivity contribution in [3.05, 3.63) is 23.4 Å². The Morgan fingerprint density at radius 3 is 2.62 bits per heavy atom. The third-order valence-corrected chi connectivity index (χ3v) is 5.29. The monoisotopic (exact) mass is 332 g/mol. The minimum atomic E-state index is -0.664. The standard InChI is InChI=1S/C19H28N2O3/c1-12(2)19(3,11-22)21-17(23)16-9-8-15(14-6-7-14)18(20-16)24-10-13-4-5-13/h8-9,12-14,22H,4-7,10-11H2,1-3H3,(H,21,23)/t19-/m1/s1. The first kappa shape index (κ1) is 17.2. The van der Waals surface area contributed by atoms with E-state index >= 15 is 0 Å². The van der Waals surface area contributed by atoms with Gasteiger partial charge in [0.1, 0.15) is 5.69 Å². The molecule has 0 bridgehead atoms. The molecule has 2 N–H and O–H groups in total. The number of aromatic nitrogens is 1. The first-order valence-electron chi connectivity index (χ1n) is 9.00. The van der Waals surface area contributed by atoms with Crippen LogP contribution in [0.5, 0.6) is 5.88 Å². The Morgan fingerprint density at radius 2 is 2.08 bits per heavy atom. The first-order chi connectivity index (χ1) is 11.4. The van der Waals surface area contributed by atoms with Crippen molar-refractivity contribution in [2.75, 3.05) is 13.2 Å². The summed E-state index contributed by atoms with van der Waals surface area (Å²) in [4.78, 5) is 17.1. The average Bonchev–Trinajstić information content (AvgIpc) is 3.46. The Kier molecular flexibility index (Phi) is 4.81. The number of nitrogens with zero attached hydrogens (tertiary/aromatic N) is 1. The van der Waals surface area contributed by atoms with Crippen LogP contribution in [-0.2, 0) is 0 Å². The highest BCUT2D eigenvalue weighted by molar-refractivity contribution is 5.93. The number of hydrogen-bond donors (Lipinski definition) is 2. The van der Waals surface area contributed by atoms with E-state index in [1.807, 2.05) is 26.8 Å². The van der Waals surface area contributed by atoms with Gasteiger partial charge in [0, 0.05) is 5.56 Å². The van der Waals surface area contributed by atoms with E-state index in [4.69, 9.17) is 4.74 Å². The van der Waals surface area contributed by atoms with Crippen molar-refractivity contribution >= 4 is 5.91 Å². The smallest absolute Gasteiger partial charge is 0.270 e. The molecular formula is C19H28N2O3. The number of rotatable bonds is 8. The van der Waals surface area contributed by atoms with Gasteiger partial charge in [0.05, 0.1) is 18.8 Å². The summed E-state index contributed by atoms with van der Waals surface area (Å²) in [5, 5.41) is 12.5. The van der Waals surface area contributed by atoms with Gasteiger partial charge < -0.3 is 15.2 Å². The lowest BCUT2D eigenvalue weighted by atomic mass is 9.89. The van der Waals surface area contributed by atoms with E-state index in [-0.39, 0.29) is 18.4 Å². The van der Waals surface area contributed by atoms with Crippen molar-refractivity contribution < 1.29 is 14.6 Å². The molecule has 132 valence electrons. The Labute approximate surface area is 143 Å². The van der Waals surface area contributed by atoms with Crippen LogP contribution in [0.1, 0.15) is 68.4 Å². The highest BCUT2D eigenvalue weighted by Crippen LogP contribution is 2.44. The maximum absolute atomic E-state index is 12.6. The van der Waals surface area contributed by atoms with Gasteiger partial charge in [0.25, 0.3) is 5.91 Å². The fraction of sp³-hybridized carbons (Fsp3) is 0.684. The molecule has 3 rings (SSSR count). The van der Waals surface area contributed by atoms with E-state index in [0.717, 1.165) is 5.56 Å². The average molecular weight is 332 g/mol. The van der Waals surface area contributed by atoms with Crippen LogP contribution in [0, 0.1) is 11.8 Å². The minimum absolute atomic E-state index is 0.110. The fourth-order valence-corrected chi connectivity index (χ4v) is 2.57. The van der Waals surface area contributed by atoms with E-state index in [1.54, 1.807) is 6.07 Å². The van der Waals surface area contributed by atoms with Crippen LogP contribution < -0.4 is 10.1 Å². The lowest BCUT2D eigenvalue weighted by Crippen LogP contribution is -2.52. The van der Waals surface area contributed by atoms with E-state index in [0.29, 0.717) is 30.0 Å². The van der Waals surface area contributed by atoms with Gasteiger partial charge in [-0.25, -0.2) is 4.98 Å². The van der Waals surface area contributed by atoms with Crippen LogP contribution in [0.15, 0.2) is 12.1 Å². The van der Waals surface area contributed by atoms with Gasteiger partial charge in [-0.2, -0.15) is 0 Å². The number of pyridine rings is 1. The zero-order valence-electron chi connectivity index (χ0n) is 14.8. The van der Waals surface area contributed by atoms with Crippen LogP contribution >= 0.6 is 0 Å². The molecule has 2 fully saturated rings. The summed E-state index contributed by atoms with van der Waals surface area (Å²) in [6.45, 7) is 6.38. The number of aliphatic hydroxyl groups excluding tert-OH is 1. The molecule has 1 amide bonds. The lowest BCUT2D eigenvalue weighted by molar-refractivity contribution is 0.0778. The fourth-order valence-electron chi connectivity index (χ4n) is 2.57. The van der Waals surface area contributed by atoms with Gasteiger partial charge in [0.15, 0.2) is 0 Å². The zero-order chi connectivity index (χ0) is 17.3. The molecule has 1 aromatic rings. The zero-order valence-corrected chi connectivity index (χ0v) is 14.8. The molecule has 0 spiro atoms. The number of aliphatic hydroxyl groups is 1. The summed E-state index contributed by atoms with van der Waals surface area (Å²) in [6, 6.07) is 3.75. The van der Waals surface area contributed by atoms with Crippen molar-refractivity contribution in [1.29, 1.82) is 0 Å². The molecular weight excluding hydrogens is 304 g/mol. The van der Waals surface area contributed by atoms with E-state index in [9.17, 15) is 9.90 Å². The molecule has 1 atom stereocenters. The van der Waals surface area contributed by atoms with Gasteiger partial charge in [-0.1, -0.05) is 19.9 Å². The predicted molar refractivity (Wildman–Crippen MR) is 92.2 cm³/mol. The van der Waals surface area contributed by atoms with Crippen LogP contribution in [0.25, 0.3) is 0 Å². The summed E-state index contributed by atoms with van der Waals surface area (Å²) >= 11 is 0. The molecule has 0 saturated heterocycles. The lowest BCUT2D eigenvalue weighted by Gasteiger charge is -2.32. The summed E-state index contributed by atoms with van der Waals surface area (Å²) in [5.74, 6) is 1.64. The highest BCUT2D eigenvalue weighted by Gasteiger charge is 2.32. The molecule has 0 radical (unpaired) electrons. The van der Waals surface area contributed by atoms with Gasteiger partial charge in [0.2, 0.25) is 5.88 Å². The number of carbonyl (C=O) groups is 1. The molecule has 5 heteroatoms. The van der Waals surface area contributed by atoms with Crippen LogP contribution in [0.2, 0.25) is 0 Å². The largest absolute Gasteiger partial charge is 0.477 e. The third-order valence-electron chi connectivity index (χ3n) is 5.29. The quantitative estimate of drug-likeness (QED) is 0.768. The second kappa shape index (κ2) is 6.71. The normalized spacial score (nSPS) is 19.9. The van der Waals surface area contributed by atoms with Gasteiger partial charge in [-0.05, 0) is 56.4 Å². The molecule has 1 aromatic heterocycles. The van der Waals surface area contributed by atoms with Crippen molar-refractivity contribution in [3.63, 3.8) is 0 Å². The van der Waals surface area contributed by atoms with Crippen molar-refractivity contribution in [3.8, 4) is 5.88 Å². The molecule has 2 saturated carbocycles. The van der Waals surface area contributed by atoms with Crippen molar-refractivity contribution in [1.82, 2.24) is 10.3 Å². The Bertz CT molecular complexity index is 609. The maximum atomic E-state index is 12.6. The Hall–Kier alpha value is -1.62. The van der Waals surface area contributed by atoms with Gasteiger partial charge in [-0.3, -0.25) is 4.79 Å². The molecule has 2 aliphatic rings. The predicted octanol–water partition coefficient (Wildman–Crippen LogP) is 2.88. The molecule has 0 aliphatic heterocycles. The number of amides is 1. The van der Waals surface area contributed by atoms with Gasteiger partial charge in [-0.15, -0.1) is 0 Å². The van der Waals surface area contributed by atoms with Gasteiger partial charge >= 0.3 is 0 Å². The van der Waals surface area contributed by atoms with Crippen molar-refractivity contribution in [2.45, 2.75) is 57.9 Å². The summed E-state index contributed by atoms with van der Waals surface area (Å²) in [7, 11) is 0. The van der Waals surface area contributed by atoms with E-state index in [1.165, 1.54) is 25.7 Å². The Balaban J connectivity index is 1.76. The number of hydrogen-bond acceptors (Lipinski definition) is 4. The Morgan fingerprint density at radius 1 is 1.38 bits per heavy atom. The van der Waals surface area contributed by atoms with Crippen LogP contribution in [-0.4, -0.2) is 34.8 Å². The molecule has 0 unspecified atom stereocenters. The highest BCUT2D eigenvalue weighted by atomic mass is 16.5. The first-order valence-corrected chi connectivity index (χ1v) is 9.00. The van der Waals surface area contributed by atoms with E-state index < -0.39 is 5.54 Å². The number of carbonyl (C=O) groups excluding carboxylic acids is 1. The third kappa shape index (κ3) is 3.89. The van der Waals surface area contributed by atoms with Crippen LogP contribution in [0.3, 0.4) is 0 Å². The second-order valence-corrected chi connectivity index (χ2v) is 7.80. The number of nitrogens with one attached hydrogen (secondary N) is 1. The summed E-state index contributed by atoms with van der Waals surface area (Å²) < 4.78 is 5.92. The minimum Gasteiger partial charge on any atom is -0.477 e. The topological polar surface area (TPSA) is 71.5 Å². The summed E-state index contributed by atoms with van der Waals surface area (Å²) in [5.41, 5.74) is 0.815. The van der Waals surface area contributed by atoms with E-state index in [2.05, 4.69) is 10.3 Å². The maximum Gasteiger partial charge on any atom is 0.270 e.